The van der Waals surface area contributed by atoms with Crippen LogP contribution in [0.25, 0.3) is 0 Å². The van der Waals surface area contributed by atoms with Crippen LogP contribution < -0.4 is 9.47 Å². The summed E-state index contributed by atoms with van der Waals surface area (Å²) in [5, 5.41) is 8.78. The third-order valence-electron chi connectivity index (χ3n) is 2.39. The van der Waals surface area contributed by atoms with E-state index in [1.807, 2.05) is 6.07 Å². The molecule has 0 saturated carbocycles. The molecule has 0 aromatic heterocycles. The van der Waals surface area contributed by atoms with Gasteiger partial charge in [0.1, 0.15) is 0 Å². The molecule has 0 aliphatic carbocycles. The van der Waals surface area contributed by atoms with Crippen LogP contribution in [0.1, 0.15) is 12.5 Å². The molecule has 1 aromatic carbocycles. The molecule has 1 amide bonds. The van der Waals surface area contributed by atoms with E-state index in [4.69, 9.17) is 14.7 Å². The highest BCUT2D eigenvalue weighted by atomic mass is 16.5. The van der Waals surface area contributed by atoms with Crippen LogP contribution >= 0.6 is 0 Å². The van der Waals surface area contributed by atoms with Crippen LogP contribution in [0.2, 0.25) is 0 Å². The number of methoxy groups -OCH3 is 1. The Hall–Kier alpha value is -2.22. The van der Waals surface area contributed by atoms with Gasteiger partial charge in [-0.3, -0.25) is 4.79 Å². The third kappa shape index (κ3) is 3.14. The highest BCUT2D eigenvalue weighted by Gasteiger charge is 2.18. The van der Waals surface area contributed by atoms with Gasteiger partial charge in [-0.05, 0) is 19.1 Å². The van der Waals surface area contributed by atoms with E-state index in [9.17, 15) is 4.79 Å². The van der Waals surface area contributed by atoms with Crippen molar-refractivity contribution in [1.29, 1.82) is 5.26 Å². The first kappa shape index (κ1) is 13.8. The molecule has 5 nitrogen and oxygen atoms in total. The van der Waals surface area contributed by atoms with Crippen LogP contribution in [0.5, 0.6) is 11.5 Å². The van der Waals surface area contributed by atoms with E-state index < -0.39 is 6.10 Å². The minimum atomic E-state index is -0.609. The number of amides is 1. The molecule has 0 spiro atoms. The Morgan fingerprint density at radius 1 is 1.39 bits per heavy atom. The number of rotatable bonds is 4. The van der Waals surface area contributed by atoms with Crippen molar-refractivity contribution in [2.24, 2.45) is 0 Å². The maximum Gasteiger partial charge on any atom is 0.262 e. The van der Waals surface area contributed by atoms with Crippen LogP contribution in [0.4, 0.5) is 0 Å². The number of likely N-dealkylation sites (N-methyl/N-ethyl adjacent to an activating group) is 1. The Kier molecular flexibility index (Phi) is 4.55. The van der Waals surface area contributed by atoms with Crippen LogP contribution in [-0.2, 0) is 4.79 Å². The average molecular weight is 248 g/mol. The molecule has 5 heteroatoms. The molecule has 1 atom stereocenters. The number of nitriles is 1. The normalized spacial score (nSPS) is 11.3. The molecular weight excluding hydrogens is 232 g/mol. The van der Waals surface area contributed by atoms with E-state index >= 15 is 0 Å². The molecule has 96 valence electrons. The van der Waals surface area contributed by atoms with Gasteiger partial charge in [0.05, 0.1) is 18.7 Å². The number of hydrogen-bond acceptors (Lipinski definition) is 4. The van der Waals surface area contributed by atoms with Crippen molar-refractivity contribution < 1.29 is 14.3 Å². The first-order valence-electron chi connectivity index (χ1n) is 5.45. The SMILES string of the molecule is COc1cc(C#N)ccc1OC(C)C(=O)N(C)C. The highest BCUT2D eigenvalue weighted by Crippen LogP contribution is 2.28. The van der Waals surface area contributed by atoms with Gasteiger partial charge >= 0.3 is 0 Å². The van der Waals surface area contributed by atoms with Crippen LogP contribution in [0, 0.1) is 11.3 Å². The van der Waals surface area contributed by atoms with Gasteiger partial charge in [0.25, 0.3) is 5.91 Å². The summed E-state index contributed by atoms with van der Waals surface area (Å²) in [4.78, 5) is 13.1. The Morgan fingerprint density at radius 3 is 2.56 bits per heavy atom. The Labute approximate surface area is 107 Å². The van der Waals surface area contributed by atoms with Crippen molar-refractivity contribution in [2.75, 3.05) is 21.2 Å². The van der Waals surface area contributed by atoms with Crippen molar-refractivity contribution in [1.82, 2.24) is 4.90 Å². The molecule has 1 aromatic rings. The minimum Gasteiger partial charge on any atom is -0.493 e. The summed E-state index contributed by atoms with van der Waals surface area (Å²) < 4.78 is 10.7. The summed E-state index contributed by atoms with van der Waals surface area (Å²) >= 11 is 0. The Morgan fingerprint density at radius 2 is 2.06 bits per heavy atom. The van der Waals surface area contributed by atoms with E-state index in [0.29, 0.717) is 17.1 Å². The largest absolute Gasteiger partial charge is 0.493 e. The maximum absolute atomic E-state index is 11.7. The molecular formula is C13H16N2O3. The van der Waals surface area contributed by atoms with Gasteiger partial charge in [-0.15, -0.1) is 0 Å². The summed E-state index contributed by atoms with van der Waals surface area (Å²) in [5.74, 6) is 0.744. The fraction of sp³-hybridized carbons (Fsp3) is 0.385. The molecule has 0 fully saturated rings. The molecule has 0 heterocycles. The topological polar surface area (TPSA) is 62.6 Å². The number of ether oxygens (including phenoxy) is 2. The van der Waals surface area contributed by atoms with Crippen LogP contribution in [0.3, 0.4) is 0 Å². The molecule has 0 saturated heterocycles. The summed E-state index contributed by atoms with van der Waals surface area (Å²) in [6, 6.07) is 6.82. The summed E-state index contributed by atoms with van der Waals surface area (Å²) in [6.45, 7) is 1.67. The summed E-state index contributed by atoms with van der Waals surface area (Å²) in [6.07, 6.45) is -0.609. The first-order chi connectivity index (χ1) is 8.49. The summed E-state index contributed by atoms with van der Waals surface area (Å²) in [5.41, 5.74) is 0.478. The fourth-order valence-electron chi connectivity index (χ4n) is 1.44. The zero-order valence-corrected chi connectivity index (χ0v) is 10.9. The van der Waals surface area contributed by atoms with Crippen LogP contribution in [0.15, 0.2) is 18.2 Å². The van der Waals surface area contributed by atoms with Gasteiger partial charge in [-0.2, -0.15) is 5.26 Å². The molecule has 0 aliphatic heterocycles. The molecule has 18 heavy (non-hydrogen) atoms. The van der Waals surface area contributed by atoms with Crippen LogP contribution in [-0.4, -0.2) is 38.1 Å². The van der Waals surface area contributed by atoms with Gasteiger partial charge in [0.15, 0.2) is 17.6 Å². The molecule has 0 radical (unpaired) electrons. The molecule has 0 aliphatic rings. The maximum atomic E-state index is 11.7. The second kappa shape index (κ2) is 5.92. The lowest BCUT2D eigenvalue weighted by molar-refractivity contribution is -0.135. The monoisotopic (exact) mass is 248 g/mol. The Bertz CT molecular complexity index is 478. The van der Waals surface area contributed by atoms with E-state index in [1.54, 1.807) is 39.2 Å². The number of hydrogen-bond donors (Lipinski definition) is 0. The highest BCUT2D eigenvalue weighted by molar-refractivity contribution is 5.80. The number of nitrogens with zero attached hydrogens (tertiary/aromatic N) is 2. The van der Waals surface area contributed by atoms with E-state index in [1.165, 1.54) is 12.0 Å². The van der Waals surface area contributed by atoms with Gasteiger partial charge in [-0.1, -0.05) is 0 Å². The number of benzene rings is 1. The molecule has 1 rings (SSSR count). The molecule has 1 unspecified atom stereocenters. The van der Waals surface area contributed by atoms with Crippen molar-refractivity contribution in [3.05, 3.63) is 23.8 Å². The Balaban J connectivity index is 2.91. The average Bonchev–Trinajstić information content (AvgIpc) is 2.37. The molecule has 0 bridgehead atoms. The third-order valence-corrected chi connectivity index (χ3v) is 2.39. The van der Waals surface area contributed by atoms with Gasteiger partial charge in [0, 0.05) is 20.2 Å². The van der Waals surface area contributed by atoms with Crippen molar-refractivity contribution in [3.63, 3.8) is 0 Å². The fourth-order valence-corrected chi connectivity index (χ4v) is 1.44. The first-order valence-corrected chi connectivity index (χ1v) is 5.45. The van der Waals surface area contributed by atoms with Gasteiger partial charge < -0.3 is 14.4 Å². The minimum absolute atomic E-state index is 0.138. The standard InChI is InChI=1S/C13H16N2O3/c1-9(13(16)15(2)3)18-11-6-5-10(8-14)7-12(11)17-4/h5-7,9H,1-4H3. The van der Waals surface area contributed by atoms with Crippen molar-refractivity contribution in [3.8, 4) is 17.6 Å². The van der Waals surface area contributed by atoms with Gasteiger partial charge in [-0.25, -0.2) is 0 Å². The van der Waals surface area contributed by atoms with Crippen molar-refractivity contribution in [2.45, 2.75) is 13.0 Å². The zero-order valence-electron chi connectivity index (χ0n) is 10.9. The summed E-state index contributed by atoms with van der Waals surface area (Å²) in [7, 11) is 4.82. The number of carbonyl (C=O) groups excluding carboxylic acids is 1. The molecule has 0 N–H and O–H groups in total. The predicted octanol–water partition coefficient (Wildman–Crippen LogP) is 1.42. The second-order valence-electron chi connectivity index (χ2n) is 3.97. The van der Waals surface area contributed by atoms with E-state index in [0.717, 1.165) is 0 Å². The predicted molar refractivity (Wildman–Crippen MR) is 66.5 cm³/mol. The van der Waals surface area contributed by atoms with Crippen molar-refractivity contribution >= 4 is 5.91 Å². The zero-order chi connectivity index (χ0) is 13.7. The second-order valence-corrected chi connectivity index (χ2v) is 3.97. The quantitative estimate of drug-likeness (QED) is 0.808. The van der Waals surface area contributed by atoms with Gasteiger partial charge in [0.2, 0.25) is 0 Å². The van der Waals surface area contributed by atoms with E-state index in [-0.39, 0.29) is 5.91 Å². The lowest BCUT2D eigenvalue weighted by Crippen LogP contribution is -2.35. The smallest absolute Gasteiger partial charge is 0.262 e. The van der Waals surface area contributed by atoms with E-state index in [2.05, 4.69) is 0 Å². The lowest BCUT2D eigenvalue weighted by Gasteiger charge is -2.19. The lowest BCUT2D eigenvalue weighted by atomic mass is 10.2. The number of carbonyl (C=O) groups is 1.